The van der Waals surface area contributed by atoms with Gasteiger partial charge in [-0.05, 0) is 25.0 Å². The lowest BCUT2D eigenvalue weighted by molar-refractivity contribution is -0.140. The first kappa shape index (κ1) is 19.4. The van der Waals surface area contributed by atoms with Gasteiger partial charge < -0.3 is 9.80 Å². The summed E-state index contributed by atoms with van der Waals surface area (Å²) in [5.41, 5.74) is 0.722. The van der Waals surface area contributed by atoms with Gasteiger partial charge in [0.2, 0.25) is 11.8 Å². The third kappa shape index (κ3) is 3.71. The van der Waals surface area contributed by atoms with Gasteiger partial charge in [0.1, 0.15) is 6.04 Å². The molecule has 8 heteroatoms. The Morgan fingerprint density at radius 1 is 1.24 bits per heavy atom. The summed E-state index contributed by atoms with van der Waals surface area (Å²) in [6.07, 6.45) is 5.24. The lowest BCUT2D eigenvalue weighted by Crippen LogP contribution is -2.54. The highest BCUT2D eigenvalue weighted by atomic mass is 16.2. The second-order valence-corrected chi connectivity index (χ2v) is 8.10. The quantitative estimate of drug-likeness (QED) is 0.757. The van der Waals surface area contributed by atoms with E-state index < -0.39 is 6.04 Å². The number of aryl methyl sites for hydroxylation is 1. The van der Waals surface area contributed by atoms with E-state index in [2.05, 4.69) is 5.10 Å². The molecule has 1 saturated heterocycles. The SMILES string of the molecule is CC(=O)N1C[C@H]2C[C@@H](C1)[C@H](C(=O)N(C)CCCn1cccn1)n1c2cccc1=O. The minimum atomic E-state index is -0.563. The minimum Gasteiger partial charge on any atom is -0.344 e. The predicted molar refractivity (Wildman–Crippen MR) is 107 cm³/mol. The van der Waals surface area contributed by atoms with E-state index in [1.165, 1.54) is 6.07 Å². The summed E-state index contributed by atoms with van der Waals surface area (Å²) in [6.45, 7) is 4.01. The normalized spacial score (nSPS) is 22.8. The molecular formula is C21H27N5O3. The number of carbonyl (C=O) groups excluding carboxylic acids is 2. The van der Waals surface area contributed by atoms with Crippen LogP contribution in [0.2, 0.25) is 0 Å². The van der Waals surface area contributed by atoms with E-state index in [-0.39, 0.29) is 29.2 Å². The van der Waals surface area contributed by atoms with E-state index in [1.807, 2.05) is 27.9 Å². The van der Waals surface area contributed by atoms with Gasteiger partial charge in [-0.15, -0.1) is 0 Å². The Morgan fingerprint density at radius 3 is 2.79 bits per heavy atom. The maximum Gasteiger partial charge on any atom is 0.251 e. The highest BCUT2D eigenvalue weighted by molar-refractivity contribution is 5.81. The number of fused-ring (bicyclic) bond motifs is 4. The molecule has 2 bridgehead atoms. The summed E-state index contributed by atoms with van der Waals surface area (Å²) in [5, 5.41) is 4.19. The lowest BCUT2D eigenvalue weighted by atomic mass is 9.78. The number of piperidine rings is 1. The number of hydrogen-bond acceptors (Lipinski definition) is 4. The number of likely N-dealkylation sites (tertiary alicyclic amines) is 1. The van der Waals surface area contributed by atoms with Crippen LogP contribution in [0.4, 0.5) is 0 Å². The molecule has 0 N–H and O–H groups in total. The van der Waals surface area contributed by atoms with Crippen molar-refractivity contribution in [2.45, 2.75) is 38.3 Å². The standard InChI is InChI=1S/C21H27N5O3/c1-15(27)24-13-16-12-17(14-24)20(26-18(16)6-3-7-19(26)28)21(29)23(2)9-5-11-25-10-4-8-22-25/h3-4,6-8,10,16-17,20H,5,9,11-14H2,1-2H3/t16-,17+,20-/m1/s1. The molecular weight excluding hydrogens is 370 g/mol. The largest absolute Gasteiger partial charge is 0.344 e. The number of amides is 2. The van der Waals surface area contributed by atoms with Crippen molar-refractivity contribution < 1.29 is 9.59 Å². The van der Waals surface area contributed by atoms with Crippen molar-refractivity contribution >= 4 is 11.8 Å². The highest BCUT2D eigenvalue weighted by Gasteiger charge is 2.44. The molecule has 4 rings (SSSR count). The molecule has 2 aliphatic rings. The van der Waals surface area contributed by atoms with Crippen LogP contribution in [0.3, 0.4) is 0 Å². The molecule has 2 aromatic rings. The molecule has 3 atom stereocenters. The Kier molecular flexibility index (Phi) is 5.25. The van der Waals surface area contributed by atoms with Crippen molar-refractivity contribution in [2.75, 3.05) is 26.7 Å². The number of aromatic nitrogens is 3. The average Bonchev–Trinajstić information content (AvgIpc) is 3.21. The van der Waals surface area contributed by atoms with Crippen LogP contribution in [0.15, 0.2) is 41.5 Å². The highest BCUT2D eigenvalue weighted by Crippen LogP contribution is 2.41. The number of rotatable bonds is 5. The zero-order valence-corrected chi connectivity index (χ0v) is 16.9. The smallest absolute Gasteiger partial charge is 0.251 e. The summed E-state index contributed by atoms with van der Waals surface area (Å²) in [4.78, 5) is 41.7. The fourth-order valence-electron chi connectivity index (χ4n) is 4.75. The van der Waals surface area contributed by atoms with Crippen molar-refractivity contribution in [1.82, 2.24) is 24.1 Å². The van der Waals surface area contributed by atoms with Crippen LogP contribution in [0.1, 0.15) is 37.4 Å². The second-order valence-electron chi connectivity index (χ2n) is 8.10. The van der Waals surface area contributed by atoms with Crippen LogP contribution < -0.4 is 5.56 Å². The molecule has 0 unspecified atom stereocenters. The maximum atomic E-state index is 13.4. The van der Waals surface area contributed by atoms with Gasteiger partial charge in [0, 0.05) is 76.1 Å². The molecule has 0 aromatic carbocycles. The van der Waals surface area contributed by atoms with E-state index in [4.69, 9.17) is 0 Å². The van der Waals surface area contributed by atoms with Crippen LogP contribution in [0.5, 0.6) is 0 Å². The van der Waals surface area contributed by atoms with E-state index >= 15 is 0 Å². The Morgan fingerprint density at radius 2 is 2.07 bits per heavy atom. The summed E-state index contributed by atoms with van der Waals surface area (Å²) < 4.78 is 3.53. The Hall–Kier alpha value is -2.90. The number of hydrogen-bond donors (Lipinski definition) is 0. The van der Waals surface area contributed by atoms with Crippen LogP contribution in [0, 0.1) is 5.92 Å². The Labute approximate surface area is 169 Å². The first-order chi connectivity index (χ1) is 14.0. The van der Waals surface area contributed by atoms with Crippen molar-refractivity contribution in [3.05, 3.63) is 52.7 Å². The molecule has 0 saturated carbocycles. The third-order valence-corrected chi connectivity index (χ3v) is 6.16. The van der Waals surface area contributed by atoms with Crippen LogP contribution in [-0.2, 0) is 16.1 Å². The summed E-state index contributed by atoms with van der Waals surface area (Å²) in [5.74, 6) is 0.00566. The molecule has 4 heterocycles. The average molecular weight is 397 g/mol. The number of nitrogens with zero attached hydrogens (tertiary/aromatic N) is 5. The third-order valence-electron chi connectivity index (χ3n) is 6.16. The minimum absolute atomic E-state index is 0.0187. The van der Waals surface area contributed by atoms with Gasteiger partial charge in [0.25, 0.3) is 5.56 Å². The topological polar surface area (TPSA) is 80.4 Å². The fraction of sp³-hybridized carbons (Fsp3) is 0.524. The first-order valence-electron chi connectivity index (χ1n) is 10.1. The van der Waals surface area contributed by atoms with Crippen molar-refractivity contribution in [2.24, 2.45) is 5.92 Å². The van der Waals surface area contributed by atoms with Crippen molar-refractivity contribution in [3.63, 3.8) is 0 Å². The first-order valence-corrected chi connectivity index (χ1v) is 10.1. The fourth-order valence-corrected chi connectivity index (χ4v) is 4.75. The molecule has 2 aliphatic heterocycles. The Balaban J connectivity index is 1.57. The van der Waals surface area contributed by atoms with Gasteiger partial charge in [-0.3, -0.25) is 23.6 Å². The van der Waals surface area contributed by atoms with Gasteiger partial charge >= 0.3 is 0 Å². The maximum absolute atomic E-state index is 13.4. The Bertz CT molecular complexity index is 951. The second kappa shape index (κ2) is 7.85. The number of likely N-dealkylation sites (N-methyl/N-ethyl adjacent to an activating group) is 1. The molecule has 2 aromatic heterocycles. The zero-order valence-electron chi connectivity index (χ0n) is 16.9. The lowest BCUT2D eigenvalue weighted by Gasteiger charge is -2.46. The van der Waals surface area contributed by atoms with E-state index in [9.17, 15) is 14.4 Å². The van der Waals surface area contributed by atoms with Crippen molar-refractivity contribution in [1.29, 1.82) is 0 Å². The zero-order chi connectivity index (χ0) is 20.5. The molecule has 1 fully saturated rings. The monoisotopic (exact) mass is 397 g/mol. The van der Waals surface area contributed by atoms with Crippen LogP contribution in [0.25, 0.3) is 0 Å². The molecule has 8 nitrogen and oxygen atoms in total. The van der Waals surface area contributed by atoms with Gasteiger partial charge in [-0.2, -0.15) is 5.10 Å². The molecule has 0 aliphatic carbocycles. The van der Waals surface area contributed by atoms with Crippen LogP contribution >= 0.6 is 0 Å². The van der Waals surface area contributed by atoms with Gasteiger partial charge in [0.15, 0.2) is 0 Å². The molecule has 0 spiro atoms. The summed E-state index contributed by atoms with van der Waals surface area (Å²) in [7, 11) is 1.79. The van der Waals surface area contributed by atoms with Gasteiger partial charge in [-0.1, -0.05) is 6.07 Å². The molecule has 0 radical (unpaired) electrons. The predicted octanol–water partition coefficient (Wildman–Crippen LogP) is 1.10. The van der Waals surface area contributed by atoms with E-state index in [0.717, 1.165) is 25.1 Å². The van der Waals surface area contributed by atoms with Crippen molar-refractivity contribution in [3.8, 4) is 0 Å². The van der Waals surface area contributed by atoms with E-state index in [0.29, 0.717) is 19.6 Å². The van der Waals surface area contributed by atoms with Gasteiger partial charge in [0.05, 0.1) is 0 Å². The van der Waals surface area contributed by atoms with Gasteiger partial charge in [-0.25, -0.2) is 0 Å². The molecule has 2 amide bonds. The number of carbonyl (C=O) groups is 2. The van der Waals surface area contributed by atoms with Crippen LogP contribution in [-0.4, -0.2) is 62.6 Å². The summed E-state index contributed by atoms with van der Waals surface area (Å²) in [6, 6.07) is 6.50. The number of pyridine rings is 1. The molecule has 154 valence electrons. The molecule has 29 heavy (non-hydrogen) atoms. The van der Waals surface area contributed by atoms with E-state index in [1.54, 1.807) is 35.7 Å². The summed E-state index contributed by atoms with van der Waals surface area (Å²) >= 11 is 0.